The van der Waals surface area contributed by atoms with Gasteiger partial charge in [-0.2, -0.15) is 0 Å². The first-order valence-corrected chi connectivity index (χ1v) is 10.8. The molecule has 0 bridgehead atoms. The molecule has 2 heterocycles. The fourth-order valence-electron chi connectivity index (χ4n) is 4.06. The van der Waals surface area contributed by atoms with E-state index in [0.29, 0.717) is 17.8 Å². The van der Waals surface area contributed by atoms with Gasteiger partial charge in [0.2, 0.25) is 5.91 Å². The molecule has 4 rings (SSSR count). The molecule has 1 aromatic carbocycles. The van der Waals surface area contributed by atoms with Crippen LogP contribution >= 0.6 is 11.3 Å². The molecule has 28 heavy (non-hydrogen) atoms. The fraction of sp³-hybridized carbons (Fsp3) is 0.409. The lowest BCUT2D eigenvalue weighted by Crippen LogP contribution is -2.35. The Morgan fingerprint density at radius 2 is 1.96 bits per heavy atom. The number of hydrogen-bond acceptors (Lipinski definition) is 4. The van der Waals surface area contributed by atoms with Crippen molar-refractivity contribution in [3.63, 3.8) is 0 Å². The predicted molar refractivity (Wildman–Crippen MR) is 114 cm³/mol. The number of aryl methyl sites for hydroxylation is 1. The second-order valence-electron chi connectivity index (χ2n) is 7.57. The molecule has 1 aliphatic rings. The van der Waals surface area contributed by atoms with Crippen LogP contribution in [0.2, 0.25) is 0 Å². The van der Waals surface area contributed by atoms with Gasteiger partial charge in [-0.1, -0.05) is 49.6 Å². The normalized spacial score (nSPS) is 15.0. The van der Waals surface area contributed by atoms with Crippen LogP contribution in [0.25, 0.3) is 21.3 Å². The first-order valence-electron chi connectivity index (χ1n) is 9.94. The van der Waals surface area contributed by atoms with E-state index in [2.05, 4.69) is 10.3 Å². The van der Waals surface area contributed by atoms with Crippen LogP contribution in [0.5, 0.6) is 0 Å². The number of aromatic nitrogens is 2. The Morgan fingerprint density at radius 1 is 1.21 bits per heavy atom. The highest BCUT2D eigenvalue weighted by atomic mass is 32.1. The van der Waals surface area contributed by atoms with Gasteiger partial charge in [-0.15, -0.1) is 11.3 Å². The van der Waals surface area contributed by atoms with Crippen molar-refractivity contribution in [2.24, 2.45) is 5.92 Å². The van der Waals surface area contributed by atoms with E-state index in [-0.39, 0.29) is 18.0 Å². The molecule has 0 radical (unpaired) electrons. The zero-order valence-electron chi connectivity index (χ0n) is 16.1. The van der Waals surface area contributed by atoms with Crippen LogP contribution in [0.15, 0.2) is 41.5 Å². The lowest BCUT2D eigenvalue weighted by Gasteiger charge is -2.21. The maximum absolute atomic E-state index is 13.1. The van der Waals surface area contributed by atoms with Crippen LogP contribution in [0.3, 0.4) is 0 Å². The molecule has 2 aromatic heterocycles. The maximum atomic E-state index is 13.1. The molecule has 6 heteroatoms. The molecular weight excluding hydrogens is 370 g/mol. The molecule has 1 N–H and O–H groups in total. The van der Waals surface area contributed by atoms with Gasteiger partial charge in [0, 0.05) is 17.0 Å². The molecule has 0 saturated heterocycles. The lowest BCUT2D eigenvalue weighted by atomic mass is 9.89. The number of benzene rings is 1. The van der Waals surface area contributed by atoms with Crippen molar-refractivity contribution in [3.05, 3.63) is 51.9 Å². The molecular formula is C22H25N3O2S. The van der Waals surface area contributed by atoms with Gasteiger partial charge in [0.25, 0.3) is 5.56 Å². The first kappa shape index (κ1) is 18.9. The van der Waals surface area contributed by atoms with Crippen molar-refractivity contribution in [3.8, 4) is 11.1 Å². The Bertz CT molecular complexity index is 1030. The molecule has 0 aliphatic heterocycles. The van der Waals surface area contributed by atoms with Crippen molar-refractivity contribution in [1.29, 1.82) is 0 Å². The summed E-state index contributed by atoms with van der Waals surface area (Å²) in [6.07, 6.45) is 7.66. The Morgan fingerprint density at radius 3 is 2.71 bits per heavy atom. The number of amides is 1. The van der Waals surface area contributed by atoms with Gasteiger partial charge >= 0.3 is 0 Å². The Kier molecular flexibility index (Phi) is 5.57. The Balaban J connectivity index is 1.57. The summed E-state index contributed by atoms with van der Waals surface area (Å²) in [6, 6.07) is 9.89. The second kappa shape index (κ2) is 8.27. The third-order valence-electron chi connectivity index (χ3n) is 5.54. The molecule has 1 saturated carbocycles. The van der Waals surface area contributed by atoms with Crippen molar-refractivity contribution >= 4 is 27.5 Å². The van der Waals surface area contributed by atoms with Crippen molar-refractivity contribution in [2.45, 2.75) is 45.6 Å². The molecule has 0 spiro atoms. The molecule has 1 aliphatic carbocycles. The lowest BCUT2D eigenvalue weighted by molar-refractivity contribution is -0.121. The van der Waals surface area contributed by atoms with Gasteiger partial charge in [-0.25, -0.2) is 4.98 Å². The third kappa shape index (κ3) is 3.87. The summed E-state index contributed by atoms with van der Waals surface area (Å²) in [4.78, 5) is 31.8. The summed E-state index contributed by atoms with van der Waals surface area (Å²) >= 11 is 1.52. The molecule has 5 nitrogen and oxygen atoms in total. The number of nitrogens with zero attached hydrogens (tertiary/aromatic N) is 2. The number of rotatable bonds is 5. The third-order valence-corrected chi connectivity index (χ3v) is 6.56. The van der Waals surface area contributed by atoms with Crippen LogP contribution in [0.1, 0.15) is 37.0 Å². The monoisotopic (exact) mass is 395 g/mol. The van der Waals surface area contributed by atoms with E-state index in [1.54, 1.807) is 0 Å². The second-order valence-corrected chi connectivity index (χ2v) is 8.77. The highest BCUT2D eigenvalue weighted by Gasteiger charge is 2.18. The molecule has 0 atom stereocenters. The number of nitrogens with one attached hydrogen (secondary N) is 1. The van der Waals surface area contributed by atoms with Crippen LogP contribution in [0, 0.1) is 12.8 Å². The highest BCUT2D eigenvalue weighted by molar-refractivity contribution is 7.19. The van der Waals surface area contributed by atoms with E-state index in [9.17, 15) is 9.59 Å². The van der Waals surface area contributed by atoms with Crippen LogP contribution < -0.4 is 10.9 Å². The minimum absolute atomic E-state index is 0.0115. The summed E-state index contributed by atoms with van der Waals surface area (Å²) in [7, 11) is 0. The van der Waals surface area contributed by atoms with E-state index in [4.69, 9.17) is 0 Å². The highest BCUT2D eigenvalue weighted by Crippen LogP contribution is 2.35. The van der Waals surface area contributed by atoms with E-state index >= 15 is 0 Å². The summed E-state index contributed by atoms with van der Waals surface area (Å²) in [5, 5.41) is 3.61. The SMILES string of the molecule is Cc1sc2ncn(CC(=O)NCC3CCCCC3)c(=O)c2c1-c1ccccc1. The van der Waals surface area contributed by atoms with Crippen molar-refractivity contribution in [1.82, 2.24) is 14.9 Å². The quantitative estimate of drug-likeness (QED) is 0.706. The van der Waals surface area contributed by atoms with Crippen LogP contribution in [0.4, 0.5) is 0 Å². The minimum Gasteiger partial charge on any atom is -0.354 e. The summed E-state index contributed by atoms with van der Waals surface area (Å²) < 4.78 is 1.43. The van der Waals surface area contributed by atoms with Crippen molar-refractivity contribution < 1.29 is 4.79 Å². The average Bonchev–Trinajstić information content (AvgIpc) is 3.07. The standard InChI is InChI=1S/C22H25N3O2S/c1-15-19(17-10-6-3-7-11-17)20-21(28-15)24-14-25(22(20)27)13-18(26)23-12-16-8-4-2-5-9-16/h3,6-7,10-11,14,16H,2,4-5,8-9,12-13H2,1H3,(H,23,26). The topological polar surface area (TPSA) is 64.0 Å². The van der Waals surface area contributed by atoms with E-state index in [0.717, 1.165) is 20.8 Å². The predicted octanol–water partition coefficient (Wildman–Crippen LogP) is 4.13. The van der Waals surface area contributed by atoms with Gasteiger partial charge in [-0.05, 0) is 31.2 Å². The molecule has 1 fully saturated rings. The number of carbonyl (C=O) groups excluding carboxylic acids is 1. The molecule has 3 aromatic rings. The van der Waals surface area contributed by atoms with Gasteiger partial charge in [0.1, 0.15) is 11.4 Å². The van der Waals surface area contributed by atoms with Crippen LogP contribution in [-0.4, -0.2) is 22.0 Å². The average molecular weight is 396 g/mol. The largest absolute Gasteiger partial charge is 0.354 e. The maximum Gasteiger partial charge on any atom is 0.263 e. The van der Waals surface area contributed by atoms with E-state index in [1.807, 2.05) is 37.3 Å². The van der Waals surface area contributed by atoms with Gasteiger partial charge < -0.3 is 5.32 Å². The Hall–Kier alpha value is -2.47. The van der Waals surface area contributed by atoms with E-state index < -0.39 is 0 Å². The molecule has 0 unspecified atom stereocenters. The minimum atomic E-state index is -0.152. The smallest absolute Gasteiger partial charge is 0.263 e. The number of hydrogen-bond donors (Lipinski definition) is 1. The van der Waals surface area contributed by atoms with E-state index in [1.165, 1.54) is 54.3 Å². The summed E-state index contributed by atoms with van der Waals surface area (Å²) in [6.45, 7) is 2.73. The van der Waals surface area contributed by atoms with Gasteiger partial charge in [0.05, 0.1) is 11.7 Å². The van der Waals surface area contributed by atoms with Gasteiger partial charge in [0.15, 0.2) is 0 Å². The van der Waals surface area contributed by atoms with Crippen molar-refractivity contribution in [2.75, 3.05) is 6.54 Å². The Labute approximate surface area is 168 Å². The zero-order valence-corrected chi connectivity index (χ0v) is 16.9. The summed E-state index contributed by atoms with van der Waals surface area (Å²) in [5.74, 6) is 0.446. The number of fused-ring (bicyclic) bond motifs is 1. The fourth-order valence-corrected chi connectivity index (χ4v) is 5.07. The van der Waals surface area contributed by atoms with Crippen LogP contribution in [-0.2, 0) is 11.3 Å². The number of carbonyl (C=O) groups is 1. The summed E-state index contributed by atoms with van der Waals surface area (Å²) in [5.41, 5.74) is 1.78. The molecule has 1 amide bonds. The number of thiophene rings is 1. The first-order chi connectivity index (χ1) is 13.6. The molecule has 146 valence electrons. The zero-order chi connectivity index (χ0) is 19.5. The van der Waals surface area contributed by atoms with Gasteiger partial charge in [-0.3, -0.25) is 14.2 Å².